The first-order valence-corrected chi connectivity index (χ1v) is 3.72. The van der Waals surface area contributed by atoms with Gasteiger partial charge in [0, 0.05) is 11.0 Å². The molecule has 0 saturated carbocycles. The third-order valence-corrected chi connectivity index (χ3v) is 1.93. The smallest absolute Gasteiger partial charge is 0.0987 e. The van der Waals surface area contributed by atoms with E-state index in [1.54, 1.807) is 7.11 Å². The van der Waals surface area contributed by atoms with Gasteiger partial charge < -0.3 is 4.74 Å². The van der Waals surface area contributed by atoms with Gasteiger partial charge in [0.2, 0.25) is 0 Å². The quantitative estimate of drug-likeness (QED) is 0.570. The highest BCUT2D eigenvalue weighted by Gasteiger charge is 2.13. The zero-order valence-corrected chi connectivity index (χ0v) is 6.98. The minimum atomic E-state index is 0.433. The summed E-state index contributed by atoms with van der Waals surface area (Å²) in [6.45, 7) is 2.10. The average Bonchev–Trinajstić information content (AvgIpc) is 1.88. The molecule has 0 fully saturated rings. The third kappa shape index (κ3) is 1.54. The van der Waals surface area contributed by atoms with Gasteiger partial charge in [-0.15, -0.1) is 0 Å². The van der Waals surface area contributed by atoms with E-state index >= 15 is 0 Å². The summed E-state index contributed by atoms with van der Waals surface area (Å²) in [5, 5.41) is 0.910. The molecular formula is C8H11ClO. The number of rotatable bonds is 1. The van der Waals surface area contributed by atoms with Crippen LogP contribution in [0.4, 0.5) is 0 Å². The zero-order valence-electron chi connectivity index (χ0n) is 6.23. The largest absolute Gasteiger partial charge is 0.501 e. The Kier molecular flexibility index (Phi) is 2.39. The summed E-state index contributed by atoms with van der Waals surface area (Å²) >= 11 is 5.79. The first-order valence-electron chi connectivity index (χ1n) is 3.34. The maximum atomic E-state index is 5.79. The number of methoxy groups -OCH3 is 1. The lowest BCUT2D eigenvalue weighted by atomic mass is 10.0. The van der Waals surface area contributed by atoms with Gasteiger partial charge in [0.25, 0.3) is 0 Å². The number of hydrogen-bond donors (Lipinski definition) is 0. The molecule has 1 unspecified atom stereocenters. The van der Waals surface area contributed by atoms with E-state index in [1.165, 1.54) is 0 Å². The number of ether oxygens (including phenoxy) is 1. The molecule has 0 saturated heterocycles. The van der Waals surface area contributed by atoms with E-state index in [0.29, 0.717) is 5.92 Å². The zero-order chi connectivity index (χ0) is 7.56. The van der Waals surface area contributed by atoms with Crippen molar-refractivity contribution in [3.8, 4) is 0 Å². The highest BCUT2D eigenvalue weighted by molar-refractivity contribution is 6.29. The Morgan fingerprint density at radius 1 is 1.60 bits per heavy atom. The molecule has 1 aliphatic carbocycles. The predicted octanol–water partition coefficient (Wildman–Crippen LogP) is 2.68. The standard InChI is InChI=1S/C8H11ClO/c1-6-5-7(9)3-4-8(6)10-2/h3-4,6H,5H2,1-2H3. The fourth-order valence-electron chi connectivity index (χ4n) is 1.07. The van der Waals surface area contributed by atoms with Gasteiger partial charge >= 0.3 is 0 Å². The van der Waals surface area contributed by atoms with Gasteiger partial charge in [-0.3, -0.25) is 0 Å². The van der Waals surface area contributed by atoms with Crippen molar-refractivity contribution in [3.05, 3.63) is 22.9 Å². The molecule has 0 radical (unpaired) electrons. The van der Waals surface area contributed by atoms with Crippen LogP contribution in [0.5, 0.6) is 0 Å². The van der Waals surface area contributed by atoms with E-state index in [1.807, 2.05) is 12.2 Å². The van der Waals surface area contributed by atoms with E-state index in [9.17, 15) is 0 Å². The van der Waals surface area contributed by atoms with Gasteiger partial charge in [-0.1, -0.05) is 18.5 Å². The topological polar surface area (TPSA) is 9.23 Å². The Labute approximate surface area is 66.3 Å². The molecule has 0 heterocycles. The maximum absolute atomic E-state index is 5.79. The van der Waals surface area contributed by atoms with E-state index in [4.69, 9.17) is 16.3 Å². The molecule has 1 atom stereocenters. The first-order chi connectivity index (χ1) is 4.74. The molecular weight excluding hydrogens is 148 g/mol. The van der Waals surface area contributed by atoms with E-state index in [2.05, 4.69) is 6.92 Å². The molecule has 1 nitrogen and oxygen atoms in total. The van der Waals surface area contributed by atoms with Gasteiger partial charge in [-0.05, 0) is 18.6 Å². The van der Waals surface area contributed by atoms with Crippen molar-refractivity contribution in [2.45, 2.75) is 13.3 Å². The second kappa shape index (κ2) is 3.11. The lowest BCUT2D eigenvalue weighted by Gasteiger charge is -2.16. The molecule has 0 aromatic heterocycles. The van der Waals surface area contributed by atoms with Gasteiger partial charge in [0.05, 0.1) is 12.9 Å². The molecule has 0 spiro atoms. The van der Waals surface area contributed by atoms with Crippen LogP contribution in [-0.2, 0) is 4.74 Å². The SMILES string of the molecule is COC1=CC=C(Cl)CC1C. The average molecular weight is 159 g/mol. The van der Waals surface area contributed by atoms with E-state index < -0.39 is 0 Å². The van der Waals surface area contributed by atoms with Gasteiger partial charge in [-0.2, -0.15) is 0 Å². The Bertz CT molecular complexity index is 182. The highest BCUT2D eigenvalue weighted by Crippen LogP contribution is 2.26. The van der Waals surface area contributed by atoms with Crippen LogP contribution in [-0.4, -0.2) is 7.11 Å². The molecule has 1 aliphatic rings. The normalized spacial score (nSPS) is 25.3. The van der Waals surface area contributed by atoms with Gasteiger partial charge in [-0.25, -0.2) is 0 Å². The van der Waals surface area contributed by atoms with E-state index in [0.717, 1.165) is 17.2 Å². The van der Waals surface area contributed by atoms with Crippen molar-refractivity contribution < 1.29 is 4.74 Å². The van der Waals surface area contributed by atoms with Crippen molar-refractivity contribution in [1.82, 2.24) is 0 Å². The molecule has 0 amide bonds. The van der Waals surface area contributed by atoms with Gasteiger partial charge in [0.15, 0.2) is 0 Å². The summed E-state index contributed by atoms with van der Waals surface area (Å²) < 4.78 is 5.11. The van der Waals surface area contributed by atoms with Crippen LogP contribution in [0.1, 0.15) is 13.3 Å². The molecule has 0 aromatic rings. The van der Waals surface area contributed by atoms with Crippen molar-refractivity contribution in [3.63, 3.8) is 0 Å². The van der Waals surface area contributed by atoms with Crippen molar-refractivity contribution >= 4 is 11.6 Å². The third-order valence-electron chi connectivity index (χ3n) is 1.65. The van der Waals surface area contributed by atoms with Crippen LogP contribution in [0.2, 0.25) is 0 Å². The highest BCUT2D eigenvalue weighted by atomic mass is 35.5. The van der Waals surface area contributed by atoms with E-state index in [-0.39, 0.29) is 0 Å². The molecule has 0 bridgehead atoms. The fraction of sp³-hybridized carbons (Fsp3) is 0.500. The maximum Gasteiger partial charge on any atom is 0.0987 e. The summed E-state index contributed by atoms with van der Waals surface area (Å²) in [5.41, 5.74) is 0. The summed E-state index contributed by atoms with van der Waals surface area (Å²) in [4.78, 5) is 0. The van der Waals surface area contributed by atoms with Gasteiger partial charge in [0.1, 0.15) is 0 Å². The number of allylic oxidation sites excluding steroid dienone is 4. The van der Waals surface area contributed by atoms with Crippen LogP contribution in [0, 0.1) is 5.92 Å². The van der Waals surface area contributed by atoms with Crippen molar-refractivity contribution in [2.24, 2.45) is 5.92 Å². The summed E-state index contributed by atoms with van der Waals surface area (Å²) in [7, 11) is 1.69. The van der Waals surface area contributed by atoms with Crippen molar-refractivity contribution in [1.29, 1.82) is 0 Å². The Balaban J connectivity index is 2.71. The Morgan fingerprint density at radius 2 is 2.30 bits per heavy atom. The van der Waals surface area contributed by atoms with Crippen LogP contribution < -0.4 is 0 Å². The summed E-state index contributed by atoms with van der Waals surface area (Å²) in [5.74, 6) is 1.45. The monoisotopic (exact) mass is 158 g/mol. The fourth-order valence-corrected chi connectivity index (χ4v) is 1.36. The molecule has 0 aromatic carbocycles. The molecule has 1 rings (SSSR count). The lowest BCUT2D eigenvalue weighted by Crippen LogP contribution is -2.04. The second-order valence-corrected chi connectivity index (χ2v) is 2.98. The lowest BCUT2D eigenvalue weighted by molar-refractivity contribution is 0.245. The van der Waals surface area contributed by atoms with Crippen LogP contribution in [0.15, 0.2) is 22.9 Å². The summed E-state index contributed by atoms with van der Waals surface area (Å²) in [6.07, 6.45) is 4.72. The minimum Gasteiger partial charge on any atom is -0.501 e. The van der Waals surface area contributed by atoms with Crippen LogP contribution >= 0.6 is 11.6 Å². The first kappa shape index (κ1) is 7.67. The Hall–Kier alpha value is -0.430. The van der Waals surface area contributed by atoms with Crippen molar-refractivity contribution in [2.75, 3.05) is 7.11 Å². The molecule has 56 valence electrons. The molecule has 0 N–H and O–H groups in total. The number of halogens is 1. The molecule has 0 aliphatic heterocycles. The molecule has 2 heteroatoms. The van der Waals surface area contributed by atoms with Crippen LogP contribution in [0.25, 0.3) is 0 Å². The number of hydrogen-bond acceptors (Lipinski definition) is 1. The predicted molar refractivity (Wildman–Crippen MR) is 42.8 cm³/mol. The molecule has 10 heavy (non-hydrogen) atoms. The minimum absolute atomic E-state index is 0.433. The summed E-state index contributed by atoms with van der Waals surface area (Å²) in [6, 6.07) is 0. The Morgan fingerprint density at radius 3 is 2.80 bits per heavy atom. The van der Waals surface area contributed by atoms with Crippen LogP contribution in [0.3, 0.4) is 0 Å². The second-order valence-electron chi connectivity index (χ2n) is 2.49.